The van der Waals surface area contributed by atoms with Gasteiger partial charge in [-0.05, 0) is 39.2 Å². The van der Waals surface area contributed by atoms with Crippen molar-refractivity contribution in [3.63, 3.8) is 0 Å². The van der Waals surface area contributed by atoms with Crippen LogP contribution in [0.25, 0.3) is 0 Å². The highest BCUT2D eigenvalue weighted by molar-refractivity contribution is 4.80. The molecule has 2 heteroatoms. The summed E-state index contributed by atoms with van der Waals surface area (Å²) in [6.07, 6.45) is 2.73. The molecule has 1 atom stereocenters. The van der Waals surface area contributed by atoms with E-state index in [2.05, 4.69) is 25.7 Å². The van der Waals surface area contributed by atoms with E-state index in [4.69, 9.17) is 5.73 Å². The first-order chi connectivity index (χ1) is 5.47. The van der Waals surface area contributed by atoms with E-state index >= 15 is 0 Å². The van der Waals surface area contributed by atoms with Gasteiger partial charge in [-0.2, -0.15) is 0 Å². The molecule has 1 rings (SSSR count). The van der Waals surface area contributed by atoms with E-state index in [1.165, 1.54) is 25.9 Å². The lowest BCUT2D eigenvalue weighted by Gasteiger charge is -2.35. The number of likely N-dealkylation sites (tertiary alicyclic amines) is 1. The Bertz CT molecular complexity index is 137. The van der Waals surface area contributed by atoms with Crippen LogP contribution in [0.2, 0.25) is 0 Å². The van der Waals surface area contributed by atoms with Crippen LogP contribution in [0.4, 0.5) is 0 Å². The van der Waals surface area contributed by atoms with Gasteiger partial charge in [0.15, 0.2) is 0 Å². The maximum absolute atomic E-state index is 5.97. The molecule has 0 aromatic carbocycles. The van der Waals surface area contributed by atoms with Gasteiger partial charge in [0, 0.05) is 18.6 Å². The lowest BCUT2D eigenvalue weighted by molar-refractivity contribution is 0.156. The quantitative estimate of drug-likeness (QED) is 0.680. The van der Waals surface area contributed by atoms with E-state index in [-0.39, 0.29) is 5.54 Å². The predicted octanol–water partition coefficient (Wildman–Crippen LogP) is 1.46. The molecule has 0 radical (unpaired) electrons. The zero-order chi connectivity index (χ0) is 9.19. The Labute approximate surface area is 76.1 Å². The third kappa shape index (κ3) is 3.55. The van der Waals surface area contributed by atoms with E-state index in [0.717, 1.165) is 12.5 Å². The summed E-state index contributed by atoms with van der Waals surface area (Å²) in [5.74, 6) is 0.862. The summed E-state index contributed by atoms with van der Waals surface area (Å²) < 4.78 is 0. The van der Waals surface area contributed by atoms with Gasteiger partial charge < -0.3 is 10.6 Å². The SMILES string of the molecule is C[C@@H]1CCCN(CC(C)(C)N)C1. The molecule has 0 spiro atoms. The highest BCUT2D eigenvalue weighted by Gasteiger charge is 2.21. The van der Waals surface area contributed by atoms with Crippen molar-refractivity contribution in [2.75, 3.05) is 19.6 Å². The number of rotatable bonds is 2. The van der Waals surface area contributed by atoms with Crippen molar-refractivity contribution in [3.05, 3.63) is 0 Å². The molecule has 1 heterocycles. The molecule has 0 unspecified atom stereocenters. The van der Waals surface area contributed by atoms with Gasteiger partial charge >= 0.3 is 0 Å². The van der Waals surface area contributed by atoms with Gasteiger partial charge in [0.2, 0.25) is 0 Å². The van der Waals surface area contributed by atoms with E-state index in [0.29, 0.717) is 0 Å². The summed E-state index contributed by atoms with van der Waals surface area (Å²) in [4.78, 5) is 2.49. The van der Waals surface area contributed by atoms with Gasteiger partial charge in [-0.15, -0.1) is 0 Å². The molecule has 1 aliphatic rings. The highest BCUT2D eigenvalue weighted by Crippen LogP contribution is 2.16. The Hall–Kier alpha value is -0.0800. The Kier molecular flexibility index (Phi) is 3.13. The van der Waals surface area contributed by atoms with Crippen molar-refractivity contribution in [1.82, 2.24) is 4.90 Å². The zero-order valence-electron chi connectivity index (χ0n) is 8.64. The van der Waals surface area contributed by atoms with E-state index in [1.807, 2.05) is 0 Å². The third-order valence-electron chi connectivity index (χ3n) is 2.37. The first-order valence-electron chi connectivity index (χ1n) is 4.98. The average Bonchev–Trinajstić information content (AvgIpc) is 1.82. The number of piperidine rings is 1. The van der Waals surface area contributed by atoms with Gasteiger partial charge in [-0.3, -0.25) is 0 Å². The van der Waals surface area contributed by atoms with Crippen LogP contribution in [-0.2, 0) is 0 Å². The molecule has 0 aromatic heterocycles. The van der Waals surface area contributed by atoms with Crippen LogP contribution in [0.1, 0.15) is 33.6 Å². The minimum absolute atomic E-state index is 0.0307. The molecule has 0 aliphatic carbocycles. The number of nitrogens with zero attached hydrogens (tertiary/aromatic N) is 1. The van der Waals surface area contributed by atoms with Crippen molar-refractivity contribution in [1.29, 1.82) is 0 Å². The van der Waals surface area contributed by atoms with Crippen LogP contribution in [0, 0.1) is 5.92 Å². The molecule has 0 amide bonds. The molecule has 72 valence electrons. The Morgan fingerprint density at radius 1 is 1.50 bits per heavy atom. The largest absolute Gasteiger partial charge is 0.324 e. The number of nitrogens with two attached hydrogens (primary N) is 1. The van der Waals surface area contributed by atoms with E-state index < -0.39 is 0 Å². The van der Waals surface area contributed by atoms with Crippen molar-refractivity contribution in [2.45, 2.75) is 39.2 Å². The van der Waals surface area contributed by atoms with Crippen LogP contribution >= 0.6 is 0 Å². The normalized spacial score (nSPS) is 27.5. The van der Waals surface area contributed by atoms with Crippen molar-refractivity contribution in [2.24, 2.45) is 11.7 Å². The van der Waals surface area contributed by atoms with Gasteiger partial charge in [-0.25, -0.2) is 0 Å². The molecular formula is C10H22N2. The molecule has 0 aromatic rings. The van der Waals surface area contributed by atoms with Crippen molar-refractivity contribution >= 4 is 0 Å². The maximum atomic E-state index is 5.97. The minimum Gasteiger partial charge on any atom is -0.324 e. The molecule has 1 fully saturated rings. The predicted molar refractivity (Wildman–Crippen MR) is 53.1 cm³/mol. The second kappa shape index (κ2) is 3.75. The van der Waals surface area contributed by atoms with Gasteiger partial charge in [0.1, 0.15) is 0 Å². The lowest BCUT2D eigenvalue weighted by atomic mass is 9.98. The standard InChI is InChI=1S/C10H22N2/c1-9-5-4-6-12(7-9)8-10(2,3)11/h9H,4-8,11H2,1-3H3/t9-/m1/s1. The minimum atomic E-state index is -0.0307. The van der Waals surface area contributed by atoms with Crippen LogP contribution < -0.4 is 5.73 Å². The average molecular weight is 170 g/mol. The number of hydrogen-bond donors (Lipinski definition) is 1. The topological polar surface area (TPSA) is 29.3 Å². The second-order valence-corrected chi connectivity index (χ2v) is 4.97. The fraction of sp³-hybridized carbons (Fsp3) is 1.00. The van der Waals surface area contributed by atoms with E-state index in [1.54, 1.807) is 0 Å². The molecule has 12 heavy (non-hydrogen) atoms. The lowest BCUT2D eigenvalue weighted by Crippen LogP contribution is -2.48. The van der Waals surface area contributed by atoms with Crippen LogP contribution in [-0.4, -0.2) is 30.1 Å². The molecule has 1 aliphatic heterocycles. The molecular weight excluding hydrogens is 148 g/mol. The van der Waals surface area contributed by atoms with Crippen LogP contribution in [0.3, 0.4) is 0 Å². The smallest absolute Gasteiger partial charge is 0.0226 e. The fourth-order valence-electron chi connectivity index (χ4n) is 2.01. The summed E-state index contributed by atoms with van der Waals surface area (Å²) in [5.41, 5.74) is 5.94. The fourth-order valence-corrected chi connectivity index (χ4v) is 2.01. The van der Waals surface area contributed by atoms with Crippen molar-refractivity contribution in [3.8, 4) is 0 Å². The Morgan fingerprint density at radius 3 is 2.67 bits per heavy atom. The highest BCUT2D eigenvalue weighted by atomic mass is 15.1. The Balaban J connectivity index is 2.32. The summed E-state index contributed by atoms with van der Waals surface area (Å²) in [6, 6.07) is 0. The second-order valence-electron chi connectivity index (χ2n) is 4.97. The summed E-state index contributed by atoms with van der Waals surface area (Å²) in [7, 11) is 0. The molecule has 2 nitrogen and oxygen atoms in total. The van der Waals surface area contributed by atoms with Crippen molar-refractivity contribution < 1.29 is 0 Å². The molecule has 0 saturated carbocycles. The van der Waals surface area contributed by atoms with Crippen LogP contribution in [0.5, 0.6) is 0 Å². The van der Waals surface area contributed by atoms with Gasteiger partial charge in [-0.1, -0.05) is 6.92 Å². The third-order valence-corrected chi connectivity index (χ3v) is 2.37. The molecule has 1 saturated heterocycles. The maximum Gasteiger partial charge on any atom is 0.0226 e. The first-order valence-corrected chi connectivity index (χ1v) is 4.98. The van der Waals surface area contributed by atoms with Crippen LogP contribution in [0.15, 0.2) is 0 Å². The summed E-state index contributed by atoms with van der Waals surface area (Å²) >= 11 is 0. The summed E-state index contributed by atoms with van der Waals surface area (Å²) in [6.45, 7) is 10.1. The Morgan fingerprint density at radius 2 is 2.17 bits per heavy atom. The zero-order valence-corrected chi connectivity index (χ0v) is 8.64. The molecule has 2 N–H and O–H groups in total. The van der Waals surface area contributed by atoms with Gasteiger partial charge in [0.25, 0.3) is 0 Å². The van der Waals surface area contributed by atoms with Gasteiger partial charge in [0.05, 0.1) is 0 Å². The van der Waals surface area contributed by atoms with E-state index in [9.17, 15) is 0 Å². The summed E-state index contributed by atoms with van der Waals surface area (Å²) in [5, 5.41) is 0. The number of hydrogen-bond acceptors (Lipinski definition) is 2. The molecule has 0 bridgehead atoms. The monoisotopic (exact) mass is 170 g/mol. The first kappa shape index (κ1) is 10.0.